The monoisotopic (exact) mass is 166 g/mol. The Labute approximate surface area is 72.4 Å². The molecule has 3 heteroatoms. The molecule has 0 unspecified atom stereocenters. The molecule has 1 rings (SSSR count). The van der Waals surface area contributed by atoms with Crippen LogP contribution in [0.3, 0.4) is 0 Å². The maximum absolute atomic E-state index is 8.69. The van der Waals surface area contributed by atoms with Crippen LogP contribution in [-0.2, 0) is 0 Å². The molecule has 1 aromatic rings. The van der Waals surface area contributed by atoms with Gasteiger partial charge in [0.15, 0.2) is 0 Å². The molecule has 0 amide bonds. The molecular formula is C9H14N2O. The Hall–Kier alpha value is -1.22. The van der Waals surface area contributed by atoms with Crippen molar-refractivity contribution in [2.24, 2.45) is 0 Å². The maximum Gasteiger partial charge on any atom is 0.0606 e. The molecule has 0 aliphatic rings. The molecular weight excluding hydrogens is 152 g/mol. The van der Waals surface area contributed by atoms with Gasteiger partial charge >= 0.3 is 0 Å². The van der Waals surface area contributed by atoms with E-state index in [0.717, 1.165) is 11.4 Å². The first-order valence-corrected chi connectivity index (χ1v) is 3.91. The molecule has 3 N–H and O–H groups in total. The molecule has 0 aliphatic carbocycles. The number of hydrogen-bond acceptors (Lipinski definition) is 3. The Morgan fingerprint density at radius 1 is 1.33 bits per heavy atom. The first-order valence-electron chi connectivity index (χ1n) is 3.91. The van der Waals surface area contributed by atoms with Crippen LogP contribution in [0.1, 0.15) is 0 Å². The van der Waals surface area contributed by atoms with Crippen LogP contribution in [-0.4, -0.2) is 25.3 Å². The Morgan fingerprint density at radius 3 is 2.42 bits per heavy atom. The van der Waals surface area contributed by atoms with Gasteiger partial charge in [0.25, 0.3) is 0 Å². The van der Waals surface area contributed by atoms with Gasteiger partial charge in [-0.1, -0.05) is 0 Å². The average Bonchev–Trinajstić information content (AvgIpc) is 2.06. The lowest BCUT2D eigenvalue weighted by Gasteiger charge is -2.17. The predicted octanol–water partition coefficient (Wildman–Crippen LogP) is 0.697. The van der Waals surface area contributed by atoms with Gasteiger partial charge in [-0.05, 0) is 24.3 Å². The van der Waals surface area contributed by atoms with Crippen molar-refractivity contribution in [3.8, 4) is 0 Å². The highest BCUT2D eigenvalue weighted by Crippen LogP contribution is 2.13. The summed E-state index contributed by atoms with van der Waals surface area (Å²) in [5.74, 6) is 0. The minimum absolute atomic E-state index is 0.168. The number of nitrogens with two attached hydrogens (primary N) is 1. The highest BCUT2D eigenvalue weighted by atomic mass is 16.3. The topological polar surface area (TPSA) is 49.5 Å². The minimum Gasteiger partial charge on any atom is -0.399 e. The van der Waals surface area contributed by atoms with Crippen LogP contribution in [0.4, 0.5) is 11.4 Å². The molecule has 0 spiro atoms. The number of hydrogen-bond donors (Lipinski definition) is 2. The van der Waals surface area contributed by atoms with Gasteiger partial charge in [-0.15, -0.1) is 0 Å². The third-order valence-corrected chi connectivity index (χ3v) is 1.77. The van der Waals surface area contributed by atoms with E-state index in [0.29, 0.717) is 6.54 Å². The SMILES string of the molecule is CN(CCO)c1ccc(N)cc1. The number of anilines is 2. The van der Waals surface area contributed by atoms with Crippen molar-refractivity contribution in [1.82, 2.24) is 0 Å². The Kier molecular flexibility index (Phi) is 2.94. The zero-order valence-corrected chi connectivity index (χ0v) is 7.20. The van der Waals surface area contributed by atoms with E-state index in [1.54, 1.807) is 0 Å². The van der Waals surface area contributed by atoms with E-state index in [1.807, 2.05) is 36.2 Å². The van der Waals surface area contributed by atoms with Crippen molar-refractivity contribution in [2.45, 2.75) is 0 Å². The second-order valence-electron chi connectivity index (χ2n) is 2.74. The highest BCUT2D eigenvalue weighted by molar-refractivity contribution is 5.52. The summed E-state index contributed by atoms with van der Waals surface area (Å²) in [7, 11) is 1.93. The van der Waals surface area contributed by atoms with Crippen molar-refractivity contribution in [1.29, 1.82) is 0 Å². The van der Waals surface area contributed by atoms with Crippen LogP contribution < -0.4 is 10.6 Å². The fourth-order valence-electron chi connectivity index (χ4n) is 1.01. The van der Waals surface area contributed by atoms with Crippen molar-refractivity contribution in [3.05, 3.63) is 24.3 Å². The normalized spacial score (nSPS) is 9.83. The third-order valence-electron chi connectivity index (χ3n) is 1.77. The third kappa shape index (κ3) is 2.13. The van der Waals surface area contributed by atoms with Crippen LogP contribution in [0.15, 0.2) is 24.3 Å². The first-order chi connectivity index (χ1) is 5.74. The Morgan fingerprint density at radius 2 is 1.92 bits per heavy atom. The largest absolute Gasteiger partial charge is 0.399 e. The molecule has 0 fully saturated rings. The minimum atomic E-state index is 0.168. The number of aliphatic hydroxyl groups excluding tert-OH is 1. The fourth-order valence-corrected chi connectivity index (χ4v) is 1.01. The lowest BCUT2D eigenvalue weighted by Crippen LogP contribution is -2.20. The summed E-state index contributed by atoms with van der Waals surface area (Å²) in [5.41, 5.74) is 7.36. The quantitative estimate of drug-likeness (QED) is 0.650. The van der Waals surface area contributed by atoms with Crippen molar-refractivity contribution in [3.63, 3.8) is 0 Å². The molecule has 12 heavy (non-hydrogen) atoms. The zero-order valence-electron chi connectivity index (χ0n) is 7.20. The number of rotatable bonds is 3. The van der Waals surface area contributed by atoms with E-state index in [4.69, 9.17) is 10.8 Å². The molecule has 0 atom stereocenters. The van der Waals surface area contributed by atoms with Crippen molar-refractivity contribution in [2.75, 3.05) is 30.8 Å². The van der Waals surface area contributed by atoms with E-state index in [2.05, 4.69) is 0 Å². The van der Waals surface area contributed by atoms with Crippen LogP contribution in [0.5, 0.6) is 0 Å². The molecule has 0 saturated carbocycles. The second kappa shape index (κ2) is 3.97. The molecule has 1 aromatic carbocycles. The van der Waals surface area contributed by atoms with Crippen LogP contribution >= 0.6 is 0 Å². The molecule has 0 aliphatic heterocycles. The summed E-state index contributed by atoms with van der Waals surface area (Å²) in [5, 5.41) is 8.69. The molecule has 3 nitrogen and oxygen atoms in total. The summed E-state index contributed by atoms with van der Waals surface area (Å²) in [6, 6.07) is 7.57. The van der Waals surface area contributed by atoms with Gasteiger partial charge in [0, 0.05) is 25.0 Å². The van der Waals surface area contributed by atoms with E-state index >= 15 is 0 Å². The summed E-state index contributed by atoms with van der Waals surface area (Å²) in [6.07, 6.45) is 0. The van der Waals surface area contributed by atoms with Gasteiger partial charge in [-0.2, -0.15) is 0 Å². The Balaban J connectivity index is 2.68. The standard InChI is InChI=1S/C9H14N2O/c1-11(6-7-12)9-4-2-8(10)3-5-9/h2-5,12H,6-7,10H2,1H3. The van der Waals surface area contributed by atoms with Gasteiger partial charge in [0.05, 0.1) is 6.61 Å². The number of aliphatic hydroxyl groups is 1. The van der Waals surface area contributed by atoms with Gasteiger partial charge in [0.2, 0.25) is 0 Å². The average molecular weight is 166 g/mol. The smallest absolute Gasteiger partial charge is 0.0606 e. The van der Waals surface area contributed by atoms with Crippen molar-refractivity contribution >= 4 is 11.4 Å². The van der Waals surface area contributed by atoms with Crippen LogP contribution in [0, 0.1) is 0 Å². The molecule has 0 heterocycles. The second-order valence-corrected chi connectivity index (χ2v) is 2.74. The van der Waals surface area contributed by atoms with Gasteiger partial charge < -0.3 is 15.7 Å². The first kappa shape index (κ1) is 8.87. The summed E-state index contributed by atoms with van der Waals surface area (Å²) < 4.78 is 0. The van der Waals surface area contributed by atoms with E-state index in [9.17, 15) is 0 Å². The lowest BCUT2D eigenvalue weighted by atomic mass is 10.2. The predicted molar refractivity (Wildman–Crippen MR) is 51.2 cm³/mol. The zero-order chi connectivity index (χ0) is 8.97. The summed E-state index contributed by atoms with van der Waals surface area (Å²) in [6.45, 7) is 0.810. The van der Waals surface area contributed by atoms with Gasteiger partial charge in [-0.3, -0.25) is 0 Å². The van der Waals surface area contributed by atoms with Crippen LogP contribution in [0.2, 0.25) is 0 Å². The van der Waals surface area contributed by atoms with E-state index in [1.165, 1.54) is 0 Å². The number of nitrogens with zero attached hydrogens (tertiary/aromatic N) is 1. The molecule has 0 saturated heterocycles. The van der Waals surface area contributed by atoms with E-state index in [-0.39, 0.29) is 6.61 Å². The Bertz CT molecular complexity index is 233. The molecule has 66 valence electrons. The van der Waals surface area contributed by atoms with Crippen LogP contribution in [0.25, 0.3) is 0 Å². The maximum atomic E-state index is 8.69. The van der Waals surface area contributed by atoms with Gasteiger partial charge in [0.1, 0.15) is 0 Å². The van der Waals surface area contributed by atoms with Crippen molar-refractivity contribution < 1.29 is 5.11 Å². The molecule has 0 radical (unpaired) electrons. The number of benzene rings is 1. The fraction of sp³-hybridized carbons (Fsp3) is 0.333. The summed E-state index contributed by atoms with van der Waals surface area (Å²) >= 11 is 0. The summed E-state index contributed by atoms with van der Waals surface area (Å²) in [4.78, 5) is 1.97. The molecule has 0 bridgehead atoms. The lowest BCUT2D eigenvalue weighted by molar-refractivity contribution is 0.304. The molecule has 0 aromatic heterocycles. The van der Waals surface area contributed by atoms with E-state index < -0.39 is 0 Å². The number of nitrogen functional groups attached to an aromatic ring is 1. The number of likely N-dealkylation sites (N-methyl/N-ethyl adjacent to an activating group) is 1. The van der Waals surface area contributed by atoms with Gasteiger partial charge in [-0.25, -0.2) is 0 Å². The highest BCUT2D eigenvalue weighted by Gasteiger charge is 1.97.